The van der Waals surface area contributed by atoms with Crippen molar-refractivity contribution in [3.63, 3.8) is 0 Å². The van der Waals surface area contributed by atoms with Crippen molar-refractivity contribution in [2.24, 2.45) is 0 Å². The highest BCUT2D eigenvalue weighted by atomic mass is 32.1. The van der Waals surface area contributed by atoms with E-state index in [0.717, 1.165) is 66.1 Å². The van der Waals surface area contributed by atoms with Gasteiger partial charge in [-0.3, -0.25) is 4.90 Å². The summed E-state index contributed by atoms with van der Waals surface area (Å²) in [7, 11) is 3.36. The van der Waals surface area contributed by atoms with Gasteiger partial charge in [-0.15, -0.1) is 5.10 Å². The van der Waals surface area contributed by atoms with Crippen molar-refractivity contribution in [3.05, 3.63) is 89.7 Å². The van der Waals surface area contributed by atoms with Crippen LogP contribution in [0.15, 0.2) is 72.8 Å². The molecule has 0 spiro atoms. The number of methoxy groups -OCH3 is 2. The maximum absolute atomic E-state index is 5.85. The van der Waals surface area contributed by atoms with E-state index in [1.807, 2.05) is 28.9 Å². The molecule has 3 aromatic carbocycles. The number of nitrogens with zero attached hydrogens (tertiary/aromatic N) is 7. The third-order valence-corrected chi connectivity index (χ3v) is 8.32. The zero-order valence-corrected chi connectivity index (χ0v) is 22.9. The van der Waals surface area contributed by atoms with Crippen LogP contribution in [-0.2, 0) is 13.0 Å². The van der Waals surface area contributed by atoms with E-state index in [0.29, 0.717) is 6.54 Å². The van der Waals surface area contributed by atoms with Crippen molar-refractivity contribution in [1.29, 1.82) is 0 Å². The summed E-state index contributed by atoms with van der Waals surface area (Å²) in [5.74, 6) is 2.31. The molecular weight excluding hydrogens is 510 g/mol. The Morgan fingerprint density at radius 2 is 1.69 bits per heavy atom. The summed E-state index contributed by atoms with van der Waals surface area (Å²) in [6, 6.07) is 24.5. The number of ether oxygens (including phenoxy) is 2. The summed E-state index contributed by atoms with van der Waals surface area (Å²) < 4.78 is 14.5. The molecule has 0 bridgehead atoms. The topological polar surface area (TPSA) is 81.4 Å². The number of para-hydroxylation sites is 1. The lowest BCUT2D eigenvalue weighted by atomic mass is 10.0. The summed E-state index contributed by atoms with van der Waals surface area (Å²) in [4.78, 5) is 9.70. The summed E-state index contributed by atoms with van der Waals surface area (Å²) in [5.41, 5.74) is 3.32. The predicted octanol–water partition coefficient (Wildman–Crippen LogP) is 4.45. The van der Waals surface area contributed by atoms with Crippen LogP contribution in [0.4, 0.5) is 5.13 Å². The Morgan fingerprint density at radius 3 is 2.46 bits per heavy atom. The summed E-state index contributed by atoms with van der Waals surface area (Å²) in [6.45, 7) is 4.08. The summed E-state index contributed by atoms with van der Waals surface area (Å²) >= 11 is 1.75. The lowest BCUT2D eigenvalue weighted by Gasteiger charge is -2.39. The second-order valence-electron chi connectivity index (χ2n) is 9.49. The largest absolute Gasteiger partial charge is 0.497 e. The Morgan fingerprint density at radius 1 is 0.897 bits per heavy atom. The van der Waals surface area contributed by atoms with Crippen LogP contribution in [0.1, 0.15) is 23.0 Å². The molecule has 1 aliphatic heterocycles. The van der Waals surface area contributed by atoms with Gasteiger partial charge in [0.15, 0.2) is 11.0 Å². The van der Waals surface area contributed by atoms with Crippen LogP contribution in [0, 0.1) is 0 Å². The number of aryl methyl sites for hydroxylation is 2. The molecule has 0 amide bonds. The van der Waals surface area contributed by atoms with E-state index < -0.39 is 0 Å². The molecule has 0 radical (unpaired) electrons. The minimum absolute atomic E-state index is 0.172. The van der Waals surface area contributed by atoms with Crippen molar-refractivity contribution in [1.82, 2.24) is 30.1 Å². The molecule has 1 fully saturated rings. The van der Waals surface area contributed by atoms with E-state index in [4.69, 9.17) is 14.5 Å². The van der Waals surface area contributed by atoms with E-state index in [-0.39, 0.29) is 6.04 Å². The van der Waals surface area contributed by atoms with Gasteiger partial charge in [0.05, 0.1) is 24.4 Å². The third kappa shape index (κ3) is 5.30. The third-order valence-electron chi connectivity index (χ3n) is 7.23. The first kappa shape index (κ1) is 25.3. The number of tetrazole rings is 1. The zero-order valence-electron chi connectivity index (χ0n) is 22.1. The van der Waals surface area contributed by atoms with E-state index in [2.05, 4.69) is 73.9 Å². The molecule has 3 heterocycles. The molecule has 2 aromatic heterocycles. The predicted molar refractivity (Wildman–Crippen MR) is 153 cm³/mol. The normalized spacial score (nSPS) is 15.0. The fourth-order valence-corrected chi connectivity index (χ4v) is 6.17. The highest BCUT2D eigenvalue weighted by Gasteiger charge is 2.33. The number of thiazole rings is 1. The average Bonchev–Trinajstić information content (AvgIpc) is 3.64. The average molecular weight is 542 g/mol. The van der Waals surface area contributed by atoms with Crippen LogP contribution >= 0.6 is 11.3 Å². The van der Waals surface area contributed by atoms with Gasteiger partial charge in [-0.05, 0) is 46.7 Å². The molecule has 10 heteroatoms. The van der Waals surface area contributed by atoms with Crippen molar-refractivity contribution >= 4 is 26.7 Å². The molecule has 0 aliphatic carbocycles. The Labute approximate surface area is 231 Å². The Kier molecular flexibility index (Phi) is 7.38. The van der Waals surface area contributed by atoms with Crippen LogP contribution in [0.2, 0.25) is 0 Å². The monoisotopic (exact) mass is 541 g/mol. The van der Waals surface area contributed by atoms with Crippen LogP contribution in [-0.4, -0.2) is 70.5 Å². The summed E-state index contributed by atoms with van der Waals surface area (Å²) in [6.07, 6.45) is 0.844. The van der Waals surface area contributed by atoms with Gasteiger partial charge in [-0.1, -0.05) is 53.8 Å². The number of piperazine rings is 1. The number of fused-ring (bicyclic) bond motifs is 1. The van der Waals surface area contributed by atoms with E-state index in [9.17, 15) is 0 Å². The van der Waals surface area contributed by atoms with Gasteiger partial charge in [0.1, 0.15) is 17.5 Å². The smallest absolute Gasteiger partial charge is 0.186 e. The molecule has 0 saturated carbocycles. The fourth-order valence-electron chi connectivity index (χ4n) is 5.16. The molecular formula is C29H31N7O2S. The molecule has 0 N–H and O–H groups in total. The quantitative estimate of drug-likeness (QED) is 0.271. The number of hydrogen-bond acceptors (Lipinski definition) is 9. The van der Waals surface area contributed by atoms with Crippen molar-refractivity contribution < 1.29 is 9.47 Å². The van der Waals surface area contributed by atoms with Gasteiger partial charge in [0.2, 0.25) is 0 Å². The van der Waals surface area contributed by atoms with Gasteiger partial charge in [-0.25, -0.2) is 9.67 Å². The highest BCUT2D eigenvalue weighted by Crippen LogP contribution is 2.37. The molecule has 200 valence electrons. The standard InChI is InChI=1S/C29H31N7O2S/c1-37-22-12-13-23(25(20-22)38-2)27(28-31-32-33-36(28)15-14-21-8-4-3-5-9-21)34-16-18-35(19-17-34)29-30-24-10-6-7-11-26(24)39-29/h3-13,20,27H,14-19H2,1-2H3. The van der Waals surface area contributed by atoms with E-state index >= 15 is 0 Å². The highest BCUT2D eigenvalue weighted by molar-refractivity contribution is 7.22. The van der Waals surface area contributed by atoms with Crippen molar-refractivity contribution in [2.45, 2.75) is 19.0 Å². The number of hydrogen-bond donors (Lipinski definition) is 0. The van der Waals surface area contributed by atoms with Gasteiger partial charge < -0.3 is 14.4 Å². The van der Waals surface area contributed by atoms with Gasteiger partial charge in [-0.2, -0.15) is 0 Å². The molecule has 5 aromatic rings. The number of aromatic nitrogens is 5. The number of rotatable bonds is 9. The lowest BCUT2D eigenvalue weighted by molar-refractivity contribution is 0.197. The maximum atomic E-state index is 5.85. The molecule has 1 unspecified atom stereocenters. The van der Waals surface area contributed by atoms with Crippen LogP contribution in [0.3, 0.4) is 0 Å². The molecule has 1 saturated heterocycles. The minimum Gasteiger partial charge on any atom is -0.497 e. The van der Waals surface area contributed by atoms with Crippen molar-refractivity contribution in [3.8, 4) is 11.5 Å². The van der Waals surface area contributed by atoms with Gasteiger partial charge in [0, 0.05) is 44.4 Å². The minimum atomic E-state index is -0.172. The molecule has 1 aliphatic rings. The van der Waals surface area contributed by atoms with E-state index in [1.165, 1.54) is 10.3 Å². The first-order valence-corrected chi connectivity index (χ1v) is 13.9. The summed E-state index contributed by atoms with van der Waals surface area (Å²) in [5, 5.41) is 14.1. The van der Waals surface area contributed by atoms with Crippen molar-refractivity contribution in [2.75, 3.05) is 45.3 Å². The fraction of sp³-hybridized carbons (Fsp3) is 0.310. The second kappa shape index (κ2) is 11.4. The Bertz CT molecular complexity index is 1500. The van der Waals surface area contributed by atoms with E-state index in [1.54, 1.807) is 25.6 Å². The first-order valence-electron chi connectivity index (χ1n) is 13.1. The van der Waals surface area contributed by atoms with Gasteiger partial charge >= 0.3 is 0 Å². The SMILES string of the molecule is COc1ccc(C(c2nnnn2CCc2ccccc2)N2CCN(c3nc4ccccc4s3)CC2)c(OC)c1. The molecule has 9 nitrogen and oxygen atoms in total. The van der Waals surface area contributed by atoms with Crippen LogP contribution in [0.25, 0.3) is 10.2 Å². The van der Waals surface area contributed by atoms with Crippen LogP contribution < -0.4 is 14.4 Å². The maximum Gasteiger partial charge on any atom is 0.186 e. The zero-order chi connectivity index (χ0) is 26.6. The Balaban J connectivity index is 1.29. The number of anilines is 1. The number of benzene rings is 3. The lowest BCUT2D eigenvalue weighted by Crippen LogP contribution is -2.48. The van der Waals surface area contributed by atoms with Crippen LogP contribution in [0.5, 0.6) is 11.5 Å². The van der Waals surface area contributed by atoms with Gasteiger partial charge in [0.25, 0.3) is 0 Å². The molecule has 39 heavy (non-hydrogen) atoms. The first-order chi connectivity index (χ1) is 19.2. The second-order valence-corrected chi connectivity index (χ2v) is 10.5. The Hall–Kier alpha value is -4.02. The molecule has 6 rings (SSSR count). The molecule has 1 atom stereocenters.